The number of aromatic nitrogens is 8. The summed E-state index contributed by atoms with van der Waals surface area (Å²) in [5.74, 6) is 11.9. The Bertz CT molecular complexity index is 3630. The number of rotatable bonds is 16. The number of benzene rings is 2. The van der Waals surface area contributed by atoms with E-state index in [-0.39, 0.29) is 45.7 Å². The second-order valence-electron chi connectivity index (χ2n) is 19.9. The summed E-state index contributed by atoms with van der Waals surface area (Å²) in [7, 11) is -1.81. The van der Waals surface area contributed by atoms with E-state index >= 15 is 0 Å². The molecule has 0 saturated heterocycles. The summed E-state index contributed by atoms with van der Waals surface area (Å²) in [6, 6.07) is 13.0. The van der Waals surface area contributed by atoms with Crippen LogP contribution >= 0.6 is 22.6 Å². The van der Waals surface area contributed by atoms with Crippen LogP contribution in [0.4, 0.5) is 17.1 Å². The number of hydrogen-bond donors (Lipinski definition) is 3. The molecule has 2 aromatic carbocycles. The first-order valence-electron chi connectivity index (χ1n) is 24.4. The Morgan fingerprint density at radius 3 is 1.44 bits per heavy atom. The minimum absolute atomic E-state index is 0.0165. The number of aryl methyl sites for hydroxylation is 3. The normalized spacial score (nSPS) is 15.4. The topological polar surface area (TPSA) is 228 Å². The highest BCUT2D eigenvalue weighted by atomic mass is 127. The van der Waals surface area contributed by atoms with Crippen molar-refractivity contribution in [1.29, 1.82) is 0 Å². The second-order valence-corrected chi connectivity index (χ2v) is 24.9. The molecule has 73 heavy (non-hydrogen) atoms. The molecule has 3 N–H and O–H groups in total. The maximum atomic E-state index is 12.9. The number of fused-ring (bicyclic) bond motifs is 2. The lowest BCUT2D eigenvalue weighted by atomic mass is 10.0. The van der Waals surface area contributed by atoms with E-state index in [2.05, 4.69) is 96.6 Å². The van der Waals surface area contributed by atoms with Crippen LogP contribution in [0.2, 0.25) is 0 Å². The van der Waals surface area contributed by atoms with Crippen molar-refractivity contribution in [2.45, 2.75) is 87.6 Å². The molecule has 4 aliphatic carbocycles. The predicted octanol–water partition coefficient (Wildman–Crippen LogP) is 4.46. The first kappa shape index (κ1) is 53.2. The van der Waals surface area contributed by atoms with Crippen molar-refractivity contribution in [2.24, 2.45) is 51.9 Å². The number of nitrogens with one attached hydrogen (secondary N) is 3. The molecule has 0 aliphatic heterocycles. The van der Waals surface area contributed by atoms with Gasteiger partial charge in [0.2, 0.25) is 30.0 Å². The van der Waals surface area contributed by atoms with E-state index in [1.165, 1.54) is 116 Å². The molecule has 0 amide bonds. The standard InChI is InChI=1S/C26H31N5O4S.C14H19IN2.C11H12N4O4S/c1-29-22-23(28-25(29)36(3,34)35)31(26(33)30(2)24(22)32)12-4-5-19-13-20(11-8-17-6-7-17)15-21(14-19)27-16-18-9-10-18;15-12-5-13(16-8-10-1-2-10)7-14(6-12)17-9-11-3-4-11;1-5-6-15-8-7(9(16)14(3)11(15)17)13(2)10(12-8)20(4,18)19/h13-15,17-18,27H,6-12,16H2,1-3H3;5-7,10-11,16-17H,1-4,8-9H2;1H,6H2,2-4H3. The van der Waals surface area contributed by atoms with Gasteiger partial charge in [-0.3, -0.25) is 27.9 Å². The molecule has 22 heteroatoms. The average Bonchev–Trinajstić information content (AvgIpc) is 4.12. The van der Waals surface area contributed by atoms with Crippen LogP contribution in [0.5, 0.6) is 0 Å². The summed E-state index contributed by atoms with van der Waals surface area (Å²) in [5, 5.41) is 10.1. The lowest BCUT2D eigenvalue weighted by molar-refractivity contribution is 0.585. The smallest absolute Gasteiger partial charge is 0.333 e. The Kier molecular flexibility index (Phi) is 15.9. The summed E-state index contributed by atoms with van der Waals surface area (Å²) in [6.07, 6.45) is 20.2. The first-order chi connectivity index (χ1) is 34.6. The van der Waals surface area contributed by atoms with E-state index in [9.17, 15) is 36.0 Å². The maximum absolute atomic E-state index is 12.9. The van der Waals surface area contributed by atoms with Crippen LogP contribution in [0.3, 0.4) is 0 Å². The van der Waals surface area contributed by atoms with Gasteiger partial charge in [-0.05, 0) is 140 Å². The molecule has 388 valence electrons. The quantitative estimate of drug-likeness (QED) is 0.0900. The molecule has 0 radical (unpaired) electrons. The van der Waals surface area contributed by atoms with Crippen molar-refractivity contribution in [3.05, 3.63) is 92.8 Å². The van der Waals surface area contributed by atoms with E-state index in [4.69, 9.17) is 6.42 Å². The van der Waals surface area contributed by atoms with Gasteiger partial charge in [-0.25, -0.2) is 26.4 Å². The molecule has 4 fully saturated rings. The van der Waals surface area contributed by atoms with Crippen LogP contribution in [0, 0.1) is 51.4 Å². The van der Waals surface area contributed by atoms with Gasteiger partial charge in [-0.1, -0.05) is 30.6 Å². The molecule has 4 aliphatic rings. The third-order valence-corrected chi connectivity index (χ3v) is 16.0. The van der Waals surface area contributed by atoms with Gasteiger partial charge in [0.05, 0.1) is 13.1 Å². The average molecular weight is 1150 g/mol. The van der Waals surface area contributed by atoms with E-state index in [1.54, 1.807) is 0 Å². The van der Waals surface area contributed by atoms with Gasteiger partial charge in [0, 0.05) is 86.5 Å². The van der Waals surface area contributed by atoms with Crippen molar-refractivity contribution in [3.8, 4) is 24.2 Å². The fraction of sp³-hybridized carbons (Fsp3) is 0.490. The van der Waals surface area contributed by atoms with Crippen molar-refractivity contribution in [3.63, 3.8) is 0 Å². The minimum Gasteiger partial charge on any atom is -0.385 e. The summed E-state index contributed by atoms with van der Waals surface area (Å²) < 4.78 is 55.5. The number of halogens is 1. The van der Waals surface area contributed by atoms with Crippen LogP contribution in [0.25, 0.3) is 22.3 Å². The second kappa shape index (κ2) is 21.8. The number of imidazole rings is 2. The highest BCUT2D eigenvalue weighted by Gasteiger charge is 2.26. The summed E-state index contributed by atoms with van der Waals surface area (Å²) in [6.45, 7) is 3.11. The largest absolute Gasteiger partial charge is 0.385 e. The van der Waals surface area contributed by atoms with E-state index in [0.717, 1.165) is 91.8 Å². The van der Waals surface area contributed by atoms with Gasteiger partial charge < -0.3 is 25.1 Å². The Morgan fingerprint density at radius 1 is 0.603 bits per heavy atom. The number of anilines is 3. The van der Waals surface area contributed by atoms with Crippen LogP contribution < -0.4 is 38.4 Å². The molecule has 10 rings (SSSR count). The lowest BCUT2D eigenvalue weighted by Crippen LogP contribution is -2.38. The van der Waals surface area contributed by atoms with Crippen LogP contribution in [0.15, 0.2) is 65.9 Å². The van der Waals surface area contributed by atoms with Gasteiger partial charge in [0.15, 0.2) is 22.3 Å². The number of sulfone groups is 2. The molecular formula is C51H62IN11O8S2. The van der Waals surface area contributed by atoms with Crippen LogP contribution in [-0.4, -0.2) is 86.4 Å². The summed E-state index contributed by atoms with van der Waals surface area (Å²) in [5.41, 5.74) is 3.29. The van der Waals surface area contributed by atoms with Gasteiger partial charge in [0.25, 0.3) is 11.1 Å². The highest BCUT2D eigenvalue weighted by Crippen LogP contribution is 2.35. The van der Waals surface area contributed by atoms with Gasteiger partial charge in [-0.15, -0.1) is 6.42 Å². The minimum atomic E-state index is -3.70. The predicted molar refractivity (Wildman–Crippen MR) is 293 cm³/mol. The Balaban J connectivity index is 0.000000161. The van der Waals surface area contributed by atoms with Crippen molar-refractivity contribution < 1.29 is 16.8 Å². The van der Waals surface area contributed by atoms with Crippen molar-refractivity contribution in [2.75, 3.05) is 48.1 Å². The van der Waals surface area contributed by atoms with Gasteiger partial charge in [0.1, 0.15) is 0 Å². The van der Waals surface area contributed by atoms with Gasteiger partial charge >= 0.3 is 11.4 Å². The molecule has 4 heterocycles. The zero-order chi connectivity index (χ0) is 52.5. The Morgan fingerprint density at radius 2 is 1.03 bits per heavy atom. The third kappa shape index (κ3) is 13.2. The molecular weight excluding hydrogens is 1090 g/mol. The molecule has 0 bridgehead atoms. The maximum Gasteiger partial charge on any atom is 0.333 e. The van der Waals surface area contributed by atoms with E-state index < -0.39 is 42.2 Å². The van der Waals surface area contributed by atoms with Crippen LogP contribution in [-0.2, 0) is 67.4 Å². The molecule has 0 spiro atoms. The Labute approximate surface area is 437 Å². The molecule has 4 saturated carbocycles. The molecule has 6 aromatic rings. The van der Waals surface area contributed by atoms with E-state index in [0.29, 0.717) is 0 Å². The molecule has 0 unspecified atom stereocenters. The van der Waals surface area contributed by atoms with Crippen molar-refractivity contribution in [1.82, 2.24) is 37.4 Å². The SMILES string of the molecule is C#CCn1c(=O)n(C)c(=O)c2c1nc(S(C)(=O)=O)n2C.Cn1c(=O)c2c(nc(S(C)(=O)=O)n2C)n(CC#Cc2cc(CCC3CC3)cc(NCC3CC3)c2)c1=O.Ic1cc(NCC2CC2)cc(NCC2CC2)c1. The van der Waals surface area contributed by atoms with Crippen LogP contribution in [0.1, 0.15) is 68.9 Å². The fourth-order valence-electron chi connectivity index (χ4n) is 8.41. The first-order valence-corrected chi connectivity index (χ1v) is 29.3. The number of hydrogen-bond acceptors (Lipinski definition) is 13. The summed E-state index contributed by atoms with van der Waals surface area (Å²) >= 11 is 2.40. The molecule has 19 nitrogen and oxygen atoms in total. The number of terminal acetylenes is 1. The molecule has 4 aromatic heterocycles. The highest BCUT2D eigenvalue weighted by molar-refractivity contribution is 14.1. The summed E-state index contributed by atoms with van der Waals surface area (Å²) in [4.78, 5) is 57.7. The fourth-order valence-corrected chi connectivity index (χ4v) is 10.8. The zero-order valence-corrected chi connectivity index (χ0v) is 45.8. The monoisotopic (exact) mass is 1150 g/mol. The third-order valence-electron chi connectivity index (χ3n) is 13.3. The van der Waals surface area contributed by atoms with Crippen molar-refractivity contribution >= 4 is 81.7 Å². The number of nitrogens with zero attached hydrogens (tertiary/aromatic N) is 8. The zero-order valence-electron chi connectivity index (χ0n) is 42.0. The molecule has 0 atom stereocenters. The Hall–Kier alpha value is -6.11. The van der Waals surface area contributed by atoms with E-state index in [1.807, 2.05) is 6.07 Å². The lowest BCUT2D eigenvalue weighted by Gasteiger charge is -2.11. The van der Waals surface area contributed by atoms with Gasteiger partial charge in [-0.2, -0.15) is 9.97 Å².